The molecule has 0 fully saturated rings. The molecule has 0 aromatic heterocycles. The molecule has 19 heavy (non-hydrogen) atoms. The molecule has 1 aromatic rings. The Morgan fingerprint density at radius 1 is 1.26 bits per heavy atom. The first kappa shape index (κ1) is 12.2. The molecule has 2 unspecified atom stereocenters. The molecule has 1 aliphatic heterocycles. The molecule has 1 N–H and O–H groups in total. The van der Waals surface area contributed by atoms with Gasteiger partial charge in [0, 0.05) is 11.0 Å². The second kappa shape index (κ2) is 5.02. The van der Waals surface area contributed by atoms with E-state index in [-0.39, 0.29) is 24.4 Å². The lowest BCUT2D eigenvalue weighted by atomic mass is 9.87. The average Bonchev–Trinajstić information content (AvgIpc) is 2.58. The summed E-state index contributed by atoms with van der Waals surface area (Å²) in [5.41, 5.74) is 1.94. The average molecular weight is 273 g/mol. The number of rotatable bonds is 1. The van der Waals surface area contributed by atoms with Crippen LogP contribution in [0.5, 0.6) is 0 Å². The molecular formula is C15H13ClN2O. The van der Waals surface area contributed by atoms with Crippen LogP contribution in [0, 0.1) is 5.92 Å². The van der Waals surface area contributed by atoms with E-state index in [9.17, 15) is 4.79 Å². The highest BCUT2D eigenvalue weighted by molar-refractivity contribution is 6.31. The summed E-state index contributed by atoms with van der Waals surface area (Å²) in [6.07, 6.45) is 5.69. The van der Waals surface area contributed by atoms with Crippen molar-refractivity contribution < 1.29 is 4.79 Å². The van der Waals surface area contributed by atoms with E-state index in [0.717, 1.165) is 11.3 Å². The number of halogens is 1. The Morgan fingerprint density at radius 3 is 2.84 bits per heavy atom. The molecule has 2 aliphatic rings. The van der Waals surface area contributed by atoms with Crippen LogP contribution in [0.1, 0.15) is 5.56 Å². The zero-order valence-corrected chi connectivity index (χ0v) is 11.0. The van der Waals surface area contributed by atoms with Crippen LogP contribution in [0.3, 0.4) is 0 Å². The zero-order valence-electron chi connectivity index (χ0n) is 10.2. The van der Waals surface area contributed by atoms with E-state index in [1.165, 1.54) is 0 Å². The fourth-order valence-corrected chi connectivity index (χ4v) is 2.63. The Kier molecular flexibility index (Phi) is 3.22. The van der Waals surface area contributed by atoms with Gasteiger partial charge < -0.3 is 5.32 Å². The number of amides is 1. The zero-order chi connectivity index (χ0) is 13.2. The third-order valence-corrected chi connectivity index (χ3v) is 3.55. The molecule has 1 aliphatic carbocycles. The number of benzene rings is 1. The minimum absolute atomic E-state index is 0.00801. The fourth-order valence-electron chi connectivity index (χ4n) is 2.42. The molecular weight excluding hydrogens is 260 g/mol. The molecule has 2 atom stereocenters. The number of carbonyl (C=O) groups is 1. The first-order valence-corrected chi connectivity index (χ1v) is 6.56. The van der Waals surface area contributed by atoms with E-state index in [2.05, 4.69) is 10.3 Å². The van der Waals surface area contributed by atoms with Crippen LogP contribution < -0.4 is 5.32 Å². The number of fused-ring (bicyclic) bond motifs is 1. The quantitative estimate of drug-likeness (QED) is 0.837. The van der Waals surface area contributed by atoms with Gasteiger partial charge in [-0.2, -0.15) is 0 Å². The van der Waals surface area contributed by atoms with E-state index < -0.39 is 0 Å². The van der Waals surface area contributed by atoms with Gasteiger partial charge in [-0.1, -0.05) is 54.1 Å². The van der Waals surface area contributed by atoms with Crippen LogP contribution in [0.25, 0.3) is 0 Å². The van der Waals surface area contributed by atoms with Crippen molar-refractivity contribution in [3.63, 3.8) is 0 Å². The fraction of sp³-hybridized carbons (Fsp3) is 0.200. The number of nitrogens with one attached hydrogen (secondary N) is 1. The number of aliphatic imine (C=N–C) groups is 1. The monoisotopic (exact) mass is 272 g/mol. The number of allylic oxidation sites excluding steroid dienone is 2. The van der Waals surface area contributed by atoms with Gasteiger partial charge in [-0.15, -0.1) is 0 Å². The highest BCUT2D eigenvalue weighted by atomic mass is 35.5. The Bertz CT molecular complexity index is 589. The molecule has 1 amide bonds. The van der Waals surface area contributed by atoms with Gasteiger partial charge in [-0.3, -0.25) is 9.79 Å². The van der Waals surface area contributed by atoms with Gasteiger partial charge in [0.2, 0.25) is 5.91 Å². The third-order valence-electron chi connectivity index (χ3n) is 3.29. The minimum Gasteiger partial charge on any atom is -0.347 e. The van der Waals surface area contributed by atoms with E-state index in [1.54, 1.807) is 0 Å². The standard InChI is InChI=1S/C15H13ClN2O/c16-11-6-7-13-12(8-11)15(17-9-14(19)18-13)10-4-2-1-3-5-10/h1-8,12-13H,9H2,(H,18,19). The van der Waals surface area contributed by atoms with Crippen molar-refractivity contribution >= 4 is 23.2 Å². The lowest BCUT2D eigenvalue weighted by Gasteiger charge is -2.25. The first-order valence-electron chi connectivity index (χ1n) is 6.19. The van der Waals surface area contributed by atoms with Crippen LogP contribution in [0.4, 0.5) is 0 Å². The molecule has 1 heterocycles. The van der Waals surface area contributed by atoms with Crippen molar-refractivity contribution in [1.82, 2.24) is 5.32 Å². The maximum Gasteiger partial charge on any atom is 0.242 e. The third kappa shape index (κ3) is 2.47. The Hall–Kier alpha value is -1.87. The van der Waals surface area contributed by atoms with Crippen LogP contribution >= 0.6 is 11.6 Å². The SMILES string of the molecule is O=C1CN=C(c2ccccc2)C2C=C(Cl)C=CC2N1. The molecule has 0 saturated heterocycles. The van der Waals surface area contributed by atoms with Gasteiger partial charge in [0.15, 0.2) is 0 Å². The summed E-state index contributed by atoms with van der Waals surface area (Å²) < 4.78 is 0. The van der Waals surface area contributed by atoms with Crippen molar-refractivity contribution in [2.45, 2.75) is 6.04 Å². The Morgan fingerprint density at radius 2 is 2.05 bits per heavy atom. The lowest BCUT2D eigenvalue weighted by Crippen LogP contribution is -2.40. The molecule has 0 radical (unpaired) electrons. The number of nitrogens with zero attached hydrogens (tertiary/aromatic N) is 1. The van der Waals surface area contributed by atoms with Crippen molar-refractivity contribution in [2.24, 2.45) is 10.9 Å². The molecule has 1 aromatic carbocycles. The maximum atomic E-state index is 11.7. The summed E-state index contributed by atoms with van der Waals surface area (Å²) in [5, 5.41) is 3.64. The predicted molar refractivity (Wildman–Crippen MR) is 76.3 cm³/mol. The molecule has 0 bridgehead atoms. The first-order chi connectivity index (χ1) is 9.24. The van der Waals surface area contributed by atoms with E-state index in [4.69, 9.17) is 11.6 Å². The topological polar surface area (TPSA) is 41.5 Å². The van der Waals surface area contributed by atoms with Crippen LogP contribution in [0.15, 0.2) is 58.6 Å². The normalized spacial score (nSPS) is 25.8. The lowest BCUT2D eigenvalue weighted by molar-refractivity contribution is -0.120. The van der Waals surface area contributed by atoms with Crippen LogP contribution in [-0.4, -0.2) is 24.2 Å². The summed E-state index contributed by atoms with van der Waals surface area (Å²) >= 11 is 6.09. The number of hydrogen-bond donors (Lipinski definition) is 1. The van der Waals surface area contributed by atoms with E-state index in [0.29, 0.717) is 5.03 Å². The smallest absolute Gasteiger partial charge is 0.242 e. The van der Waals surface area contributed by atoms with Crippen LogP contribution in [-0.2, 0) is 4.79 Å². The predicted octanol–water partition coefficient (Wildman–Crippen LogP) is 2.28. The second-order valence-electron chi connectivity index (χ2n) is 4.60. The van der Waals surface area contributed by atoms with Crippen molar-refractivity contribution in [2.75, 3.05) is 6.54 Å². The van der Waals surface area contributed by atoms with E-state index >= 15 is 0 Å². The van der Waals surface area contributed by atoms with Gasteiger partial charge >= 0.3 is 0 Å². The molecule has 96 valence electrons. The van der Waals surface area contributed by atoms with Crippen molar-refractivity contribution in [1.29, 1.82) is 0 Å². The molecule has 0 spiro atoms. The molecule has 3 rings (SSSR count). The van der Waals surface area contributed by atoms with Gasteiger partial charge in [0.25, 0.3) is 0 Å². The van der Waals surface area contributed by atoms with Gasteiger partial charge in [-0.25, -0.2) is 0 Å². The minimum atomic E-state index is -0.0727. The number of carbonyl (C=O) groups excluding carboxylic acids is 1. The van der Waals surface area contributed by atoms with Crippen LogP contribution in [0.2, 0.25) is 0 Å². The van der Waals surface area contributed by atoms with Gasteiger partial charge in [-0.05, 0) is 11.6 Å². The maximum absolute atomic E-state index is 11.7. The second-order valence-corrected chi connectivity index (χ2v) is 5.03. The highest BCUT2D eigenvalue weighted by Crippen LogP contribution is 2.25. The summed E-state index contributed by atoms with van der Waals surface area (Å²) in [5.74, 6) is -0.0663. The molecule has 0 saturated carbocycles. The van der Waals surface area contributed by atoms with Gasteiger partial charge in [0.05, 0.1) is 11.8 Å². The highest BCUT2D eigenvalue weighted by Gasteiger charge is 2.29. The summed E-state index contributed by atoms with van der Waals surface area (Å²) in [6, 6.07) is 9.84. The van der Waals surface area contributed by atoms with Crippen molar-refractivity contribution in [3.8, 4) is 0 Å². The summed E-state index contributed by atoms with van der Waals surface area (Å²) in [4.78, 5) is 16.2. The summed E-state index contributed by atoms with van der Waals surface area (Å²) in [7, 11) is 0. The Balaban J connectivity index is 2.05. The number of hydrogen-bond acceptors (Lipinski definition) is 2. The van der Waals surface area contributed by atoms with Gasteiger partial charge in [0.1, 0.15) is 6.54 Å². The van der Waals surface area contributed by atoms with E-state index in [1.807, 2.05) is 48.6 Å². The largest absolute Gasteiger partial charge is 0.347 e. The molecule has 3 nitrogen and oxygen atoms in total. The molecule has 4 heteroatoms. The van der Waals surface area contributed by atoms with Crippen molar-refractivity contribution in [3.05, 3.63) is 59.2 Å². The Labute approximate surface area is 116 Å². The summed E-state index contributed by atoms with van der Waals surface area (Å²) in [6.45, 7) is 0.163.